The summed E-state index contributed by atoms with van der Waals surface area (Å²) in [6.45, 7) is 3.99. The maximum absolute atomic E-state index is 13.0. The van der Waals surface area contributed by atoms with Crippen molar-refractivity contribution < 1.29 is 14.6 Å². The molecule has 4 rings (SSSR count). The van der Waals surface area contributed by atoms with Crippen LogP contribution < -0.4 is 5.32 Å². The van der Waals surface area contributed by atoms with E-state index in [0.29, 0.717) is 23.4 Å². The van der Waals surface area contributed by atoms with Crippen molar-refractivity contribution in [2.24, 2.45) is 0 Å². The average molecular weight is 412 g/mol. The number of aliphatic hydroxyl groups excluding tert-OH is 1. The summed E-state index contributed by atoms with van der Waals surface area (Å²) in [4.78, 5) is 13.0. The van der Waals surface area contributed by atoms with Gasteiger partial charge in [-0.25, -0.2) is 0 Å². The average Bonchev–Trinajstić information content (AvgIpc) is 2.94. The van der Waals surface area contributed by atoms with Crippen molar-refractivity contribution in [2.45, 2.75) is 51.2 Å². The van der Waals surface area contributed by atoms with Crippen molar-refractivity contribution in [3.8, 4) is 11.1 Å². The fourth-order valence-corrected chi connectivity index (χ4v) is 4.90. The van der Waals surface area contributed by atoms with Crippen molar-refractivity contribution >= 4 is 23.1 Å². The number of aliphatic hydroxyl groups is 1. The summed E-state index contributed by atoms with van der Waals surface area (Å²) in [5, 5.41) is 15.0. The summed E-state index contributed by atoms with van der Waals surface area (Å²) >= 11 is 6.04. The Bertz CT molecular complexity index is 986. The number of benzene rings is 2. The SMILES string of the molecule is CO[C@H]1CC[C@@]2(CC1)NC(=O)C(c1c(C)ccc(-c3ccc(Cl)cc3)c1C)=C2O. The van der Waals surface area contributed by atoms with Gasteiger partial charge in [-0.15, -0.1) is 0 Å². The van der Waals surface area contributed by atoms with E-state index in [1.165, 1.54) is 0 Å². The Hall–Kier alpha value is -2.30. The first-order chi connectivity index (χ1) is 13.9. The van der Waals surface area contributed by atoms with Crippen LogP contribution in [-0.2, 0) is 9.53 Å². The predicted molar refractivity (Wildman–Crippen MR) is 116 cm³/mol. The van der Waals surface area contributed by atoms with E-state index >= 15 is 0 Å². The number of carbonyl (C=O) groups is 1. The minimum atomic E-state index is -0.670. The molecule has 2 N–H and O–H groups in total. The van der Waals surface area contributed by atoms with Crippen LogP contribution in [0.1, 0.15) is 42.4 Å². The van der Waals surface area contributed by atoms with Gasteiger partial charge >= 0.3 is 0 Å². The fraction of sp³-hybridized carbons (Fsp3) is 0.375. The second-order valence-electron chi connectivity index (χ2n) is 8.13. The third-order valence-electron chi connectivity index (χ3n) is 6.47. The summed E-state index contributed by atoms with van der Waals surface area (Å²) in [7, 11) is 1.71. The molecule has 4 nitrogen and oxygen atoms in total. The lowest BCUT2D eigenvalue weighted by atomic mass is 9.78. The lowest BCUT2D eigenvalue weighted by Gasteiger charge is -2.36. The molecule has 1 saturated carbocycles. The molecule has 2 aliphatic rings. The lowest BCUT2D eigenvalue weighted by molar-refractivity contribution is -0.116. The Kier molecular flexibility index (Phi) is 5.18. The highest BCUT2D eigenvalue weighted by atomic mass is 35.5. The molecule has 1 amide bonds. The molecule has 1 heterocycles. The van der Waals surface area contributed by atoms with Gasteiger partial charge in [-0.2, -0.15) is 0 Å². The van der Waals surface area contributed by atoms with E-state index in [4.69, 9.17) is 16.3 Å². The molecule has 1 aliphatic carbocycles. The molecule has 0 atom stereocenters. The Morgan fingerprint density at radius 3 is 2.38 bits per heavy atom. The van der Waals surface area contributed by atoms with E-state index < -0.39 is 5.54 Å². The van der Waals surface area contributed by atoms with E-state index in [1.54, 1.807) is 7.11 Å². The first-order valence-electron chi connectivity index (χ1n) is 10.0. The smallest absolute Gasteiger partial charge is 0.256 e. The lowest BCUT2D eigenvalue weighted by Crippen LogP contribution is -2.48. The van der Waals surface area contributed by atoms with Gasteiger partial charge in [0.25, 0.3) is 5.91 Å². The highest BCUT2D eigenvalue weighted by Gasteiger charge is 2.48. The molecule has 0 bridgehead atoms. The van der Waals surface area contributed by atoms with Gasteiger partial charge in [0.15, 0.2) is 0 Å². The second kappa shape index (κ2) is 7.51. The van der Waals surface area contributed by atoms with E-state index in [9.17, 15) is 9.90 Å². The number of halogens is 1. The number of amides is 1. The van der Waals surface area contributed by atoms with Gasteiger partial charge in [0.05, 0.1) is 17.2 Å². The van der Waals surface area contributed by atoms with Gasteiger partial charge in [0.2, 0.25) is 0 Å². The van der Waals surface area contributed by atoms with Gasteiger partial charge in [-0.1, -0.05) is 35.9 Å². The molecule has 29 heavy (non-hydrogen) atoms. The molecule has 0 aromatic heterocycles. The third kappa shape index (κ3) is 3.34. The molecule has 2 aromatic carbocycles. The number of methoxy groups -OCH3 is 1. The summed E-state index contributed by atoms with van der Waals surface area (Å²) in [5.41, 5.74) is 4.56. The molecule has 0 radical (unpaired) electrons. The van der Waals surface area contributed by atoms with E-state index in [1.807, 2.05) is 44.2 Å². The van der Waals surface area contributed by atoms with Crippen LogP contribution in [0.3, 0.4) is 0 Å². The van der Waals surface area contributed by atoms with Crippen LogP contribution in [0.4, 0.5) is 0 Å². The van der Waals surface area contributed by atoms with E-state index in [-0.39, 0.29) is 17.8 Å². The van der Waals surface area contributed by atoms with Gasteiger partial charge in [0, 0.05) is 12.1 Å². The molecule has 152 valence electrons. The molecular formula is C24H26ClNO3. The topological polar surface area (TPSA) is 58.6 Å². The van der Waals surface area contributed by atoms with Gasteiger partial charge in [-0.3, -0.25) is 4.79 Å². The van der Waals surface area contributed by atoms with Crippen molar-refractivity contribution in [3.05, 3.63) is 63.9 Å². The molecule has 1 fully saturated rings. The highest BCUT2D eigenvalue weighted by Crippen LogP contribution is 2.44. The fourth-order valence-electron chi connectivity index (χ4n) is 4.77. The number of carbonyl (C=O) groups excluding carboxylic acids is 1. The Morgan fingerprint density at radius 1 is 1.10 bits per heavy atom. The quantitative estimate of drug-likeness (QED) is 0.715. The first-order valence-corrected chi connectivity index (χ1v) is 10.4. The highest BCUT2D eigenvalue weighted by molar-refractivity contribution is 6.30. The minimum absolute atomic E-state index is 0.177. The van der Waals surface area contributed by atoms with Crippen LogP contribution >= 0.6 is 11.6 Å². The Balaban J connectivity index is 1.80. The normalized spacial score (nSPS) is 24.3. The molecular weight excluding hydrogens is 386 g/mol. The van der Waals surface area contributed by atoms with Crippen LogP contribution in [-0.4, -0.2) is 29.8 Å². The number of nitrogens with one attached hydrogen (secondary N) is 1. The molecule has 1 aliphatic heterocycles. The summed E-state index contributed by atoms with van der Waals surface area (Å²) in [6, 6.07) is 11.7. The molecule has 2 aromatic rings. The van der Waals surface area contributed by atoms with Crippen LogP contribution in [0.2, 0.25) is 5.02 Å². The standard InChI is InChI=1S/C24H26ClNO3/c1-14-4-9-19(16-5-7-17(25)8-6-16)15(2)20(14)21-22(27)24(26-23(21)28)12-10-18(29-3)11-13-24/h4-9,18,27H,10-13H2,1-3H3,(H,26,28)/t18-,24-. The zero-order valence-electron chi connectivity index (χ0n) is 17.0. The van der Waals surface area contributed by atoms with Crippen molar-refractivity contribution in [1.82, 2.24) is 5.32 Å². The number of rotatable bonds is 3. The van der Waals surface area contributed by atoms with Crippen LogP contribution in [0, 0.1) is 13.8 Å². The zero-order valence-corrected chi connectivity index (χ0v) is 17.8. The van der Waals surface area contributed by atoms with Crippen molar-refractivity contribution in [1.29, 1.82) is 0 Å². The van der Waals surface area contributed by atoms with E-state index in [0.717, 1.165) is 40.7 Å². The van der Waals surface area contributed by atoms with Crippen molar-refractivity contribution in [3.63, 3.8) is 0 Å². The Labute approximate surface area is 176 Å². The largest absolute Gasteiger partial charge is 0.509 e. The molecule has 0 unspecified atom stereocenters. The Morgan fingerprint density at radius 2 is 1.76 bits per heavy atom. The maximum atomic E-state index is 13.0. The minimum Gasteiger partial charge on any atom is -0.509 e. The molecule has 0 saturated heterocycles. The van der Waals surface area contributed by atoms with Crippen molar-refractivity contribution in [2.75, 3.05) is 7.11 Å². The summed E-state index contributed by atoms with van der Waals surface area (Å²) in [6.07, 6.45) is 3.18. The monoisotopic (exact) mass is 411 g/mol. The molecule has 5 heteroatoms. The summed E-state index contributed by atoms with van der Waals surface area (Å²) < 4.78 is 5.46. The third-order valence-corrected chi connectivity index (χ3v) is 6.72. The predicted octanol–water partition coefficient (Wildman–Crippen LogP) is 5.35. The molecule has 1 spiro atoms. The van der Waals surface area contributed by atoms with Crippen LogP contribution in [0.15, 0.2) is 42.2 Å². The number of aryl methyl sites for hydroxylation is 1. The number of hydrogen-bond donors (Lipinski definition) is 2. The number of hydrogen-bond acceptors (Lipinski definition) is 3. The zero-order chi connectivity index (χ0) is 20.8. The van der Waals surface area contributed by atoms with Gasteiger partial charge < -0.3 is 15.2 Å². The number of ether oxygens (including phenoxy) is 1. The van der Waals surface area contributed by atoms with Crippen LogP contribution in [0.5, 0.6) is 0 Å². The second-order valence-corrected chi connectivity index (χ2v) is 8.57. The van der Waals surface area contributed by atoms with Gasteiger partial charge in [0.1, 0.15) is 5.76 Å². The van der Waals surface area contributed by atoms with Gasteiger partial charge in [-0.05, 0) is 79.5 Å². The first kappa shape index (κ1) is 20.0. The van der Waals surface area contributed by atoms with Crippen LogP contribution in [0.25, 0.3) is 16.7 Å². The summed E-state index contributed by atoms with van der Waals surface area (Å²) in [5.74, 6) is -0.0191. The maximum Gasteiger partial charge on any atom is 0.256 e. The van der Waals surface area contributed by atoms with E-state index in [2.05, 4.69) is 11.4 Å².